The average Bonchev–Trinajstić information content (AvgIpc) is 3.71. The van der Waals surface area contributed by atoms with Crippen LogP contribution in [0.4, 0.5) is 14.5 Å². The van der Waals surface area contributed by atoms with Gasteiger partial charge in [-0.3, -0.25) is 4.79 Å². The summed E-state index contributed by atoms with van der Waals surface area (Å²) < 4.78 is 32.9. The summed E-state index contributed by atoms with van der Waals surface area (Å²) in [6, 6.07) is 12.8. The topological polar surface area (TPSA) is 57.7 Å². The van der Waals surface area contributed by atoms with Gasteiger partial charge >= 0.3 is 0 Å². The van der Waals surface area contributed by atoms with E-state index in [-0.39, 0.29) is 36.6 Å². The lowest BCUT2D eigenvalue weighted by Gasteiger charge is -2.40. The minimum absolute atomic E-state index is 0.210. The Morgan fingerprint density at radius 2 is 1.88 bits per heavy atom. The van der Waals surface area contributed by atoms with E-state index in [9.17, 15) is 13.6 Å². The molecule has 1 unspecified atom stereocenters. The molecule has 3 aliphatic rings. The third-order valence-electron chi connectivity index (χ3n) is 6.44. The van der Waals surface area contributed by atoms with E-state index in [4.69, 9.17) is 4.74 Å². The first-order valence-electron chi connectivity index (χ1n) is 11.8. The number of carbonyl (C=O) groups is 1. The third-order valence-corrected chi connectivity index (χ3v) is 6.44. The molecule has 2 heterocycles. The quantitative estimate of drug-likeness (QED) is 0.591. The molecule has 3 fully saturated rings. The number of ether oxygens (including phenoxy) is 1. The van der Waals surface area contributed by atoms with Gasteiger partial charge in [-0.2, -0.15) is 0 Å². The van der Waals surface area contributed by atoms with Gasteiger partial charge in [0.05, 0.1) is 25.7 Å². The van der Waals surface area contributed by atoms with Crippen molar-refractivity contribution in [1.29, 1.82) is 0 Å². The van der Waals surface area contributed by atoms with Crippen LogP contribution in [0.2, 0.25) is 0 Å². The summed E-state index contributed by atoms with van der Waals surface area (Å²) in [5.74, 6) is -2.31. The van der Waals surface area contributed by atoms with E-state index in [1.807, 2.05) is 44.4 Å². The first-order chi connectivity index (χ1) is 16.3. The van der Waals surface area contributed by atoms with E-state index in [0.717, 1.165) is 36.9 Å². The van der Waals surface area contributed by atoms with Gasteiger partial charge in [-0.1, -0.05) is 30.3 Å². The number of allylic oxidation sites excluding steroid dienone is 1. The van der Waals surface area contributed by atoms with Crippen molar-refractivity contribution in [3.8, 4) is 5.88 Å². The number of hydrogen-bond donors (Lipinski definition) is 1. The van der Waals surface area contributed by atoms with Crippen molar-refractivity contribution in [1.82, 2.24) is 15.2 Å². The lowest BCUT2D eigenvalue weighted by atomic mass is 10.0. The fourth-order valence-electron chi connectivity index (χ4n) is 4.33. The highest BCUT2D eigenvalue weighted by Crippen LogP contribution is 2.40. The standard InChI is InChI=1S/C26H30F2N4O2/c1-31(2)23(19-10-11-19)22(18-6-4-3-5-7-18)30-24(33)20-12-13-21(32-15-26(27,28)16-32)25(29-20)34-14-17-8-9-17/h3-7,12-13,17,22H,8-11,14-16H2,1-2H3,(H,30,33). The fourth-order valence-corrected chi connectivity index (χ4v) is 4.33. The number of rotatable bonds is 9. The van der Waals surface area contributed by atoms with E-state index in [0.29, 0.717) is 18.2 Å². The van der Waals surface area contributed by atoms with Crippen molar-refractivity contribution >= 4 is 11.6 Å². The molecule has 1 aromatic heterocycles. The molecule has 2 aromatic rings. The van der Waals surface area contributed by atoms with Gasteiger partial charge in [-0.25, -0.2) is 13.8 Å². The second-order valence-electron chi connectivity index (χ2n) is 9.69. The maximum Gasteiger partial charge on any atom is 0.282 e. The molecule has 0 radical (unpaired) electrons. The molecule has 5 rings (SSSR count). The molecule has 0 spiro atoms. The van der Waals surface area contributed by atoms with Gasteiger partial charge in [0.25, 0.3) is 11.8 Å². The highest BCUT2D eigenvalue weighted by molar-refractivity contribution is 5.93. The highest BCUT2D eigenvalue weighted by Gasteiger charge is 2.45. The average molecular weight is 469 g/mol. The first-order valence-corrected chi connectivity index (χ1v) is 11.8. The number of alkyl halides is 2. The summed E-state index contributed by atoms with van der Waals surface area (Å²) in [7, 11) is 3.98. The SMILES string of the molecule is CN(C)C(=C1CC1)C(NC(=O)c1ccc(N2CC(F)(F)C2)c(OCC2CC2)n1)c1ccccc1. The molecule has 2 aliphatic carbocycles. The molecular weight excluding hydrogens is 438 g/mol. The maximum atomic E-state index is 13.5. The number of hydrogen-bond acceptors (Lipinski definition) is 5. The molecule has 1 amide bonds. The number of nitrogens with one attached hydrogen (secondary N) is 1. The Morgan fingerprint density at radius 1 is 1.18 bits per heavy atom. The Kier molecular flexibility index (Phi) is 5.91. The molecule has 1 N–H and O–H groups in total. The number of aromatic nitrogens is 1. The third kappa shape index (κ3) is 5.00. The van der Waals surface area contributed by atoms with Crippen LogP contribution >= 0.6 is 0 Å². The molecular formula is C26H30F2N4O2. The summed E-state index contributed by atoms with van der Waals surface area (Å²) in [4.78, 5) is 21.5. The van der Waals surface area contributed by atoms with E-state index in [2.05, 4.69) is 15.2 Å². The van der Waals surface area contributed by atoms with Crippen molar-refractivity contribution in [3.05, 3.63) is 65.0 Å². The lowest BCUT2D eigenvalue weighted by molar-refractivity contribution is -0.0265. The zero-order valence-electron chi connectivity index (χ0n) is 19.6. The number of anilines is 1. The van der Waals surface area contributed by atoms with Crippen LogP contribution in [0.3, 0.4) is 0 Å². The smallest absolute Gasteiger partial charge is 0.282 e. The van der Waals surface area contributed by atoms with E-state index in [1.165, 1.54) is 5.57 Å². The molecule has 0 bridgehead atoms. The highest BCUT2D eigenvalue weighted by atomic mass is 19.3. The zero-order chi connectivity index (χ0) is 23.9. The van der Waals surface area contributed by atoms with Crippen molar-refractivity contribution < 1.29 is 18.3 Å². The van der Waals surface area contributed by atoms with Crippen LogP contribution < -0.4 is 15.0 Å². The Hall–Kier alpha value is -3.16. The fraction of sp³-hybridized carbons (Fsp3) is 0.462. The number of nitrogens with zero attached hydrogens (tertiary/aromatic N) is 3. The number of pyridine rings is 1. The monoisotopic (exact) mass is 468 g/mol. The lowest BCUT2D eigenvalue weighted by Crippen LogP contribution is -2.56. The first kappa shape index (κ1) is 22.6. The van der Waals surface area contributed by atoms with Crippen molar-refractivity contribution in [2.24, 2.45) is 5.92 Å². The zero-order valence-corrected chi connectivity index (χ0v) is 19.6. The Labute approximate surface area is 198 Å². The van der Waals surface area contributed by atoms with E-state index < -0.39 is 5.92 Å². The summed E-state index contributed by atoms with van der Waals surface area (Å²) in [5, 5.41) is 3.16. The number of benzene rings is 1. The van der Waals surface area contributed by atoms with Crippen LogP contribution in [0, 0.1) is 5.92 Å². The molecule has 8 heteroatoms. The Balaban J connectivity index is 1.41. The molecule has 6 nitrogen and oxygen atoms in total. The maximum absolute atomic E-state index is 13.5. The van der Waals surface area contributed by atoms with Crippen LogP contribution in [-0.2, 0) is 0 Å². The summed E-state index contributed by atoms with van der Waals surface area (Å²) in [5.41, 5.74) is 4.13. The Bertz CT molecular complexity index is 1090. The predicted molar refractivity (Wildman–Crippen MR) is 126 cm³/mol. The molecule has 1 atom stereocenters. The van der Waals surface area contributed by atoms with Crippen LogP contribution in [-0.4, -0.2) is 55.5 Å². The molecule has 1 saturated heterocycles. The number of halogens is 2. The summed E-state index contributed by atoms with van der Waals surface area (Å²) in [6.07, 6.45) is 4.24. The molecule has 34 heavy (non-hydrogen) atoms. The normalized spacial score (nSPS) is 19.2. The summed E-state index contributed by atoms with van der Waals surface area (Å²) >= 11 is 0. The second kappa shape index (κ2) is 8.89. The minimum atomic E-state index is -2.70. The van der Waals surface area contributed by atoms with Gasteiger partial charge in [0.2, 0.25) is 5.88 Å². The van der Waals surface area contributed by atoms with Gasteiger partial charge in [0.1, 0.15) is 11.4 Å². The van der Waals surface area contributed by atoms with Gasteiger partial charge < -0.3 is 19.9 Å². The number of likely N-dealkylation sites (N-methyl/N-ethyl adjacent to an activating group) is 1. The van der Waals surface area contributed by atoms with E-state index >= 15 is 0 Å². The van der Waals surface area contributed by atoms with Crippen LogP contribution in [0.5, 0.6) is 5.88 Å². The van der Waals surface area contributed by atoms with E-state index in [1.54, 1.807) is 17.0 Å². The largest absolute Gasteiger partial charge is 0.476 e. The predicted octanol–water partition coefficient (Wildman–Crippen LogP) is 4.41. The van der Waals surface area contributed by atoms with Gasteiger partial charge in [0.15, 0.2) is 0 Å². The minimum Gasteiger partial charge on any atom is -0.476 e. The second-order valence-corrected chi connectivity index (χ2v) is 9.69. The molecule has 1 aliphatic heterocycles. The van der Waals surface area contributed by atoms with Crippen molar-refractivity contribution in [2.75, 3.05) is 38.7 Å². The van der Waals surface area contributed by atoms with Crippen LogP contribution in [0.1, 0.15) is 47.8 Å². The Morgan fingerprint density at radius 3 is 2.47 bits per heavy atom. The molecule has 1 aromatic carbocycles. The van der Waals surface area contributed by atoms with Gasteiger partial charge in [0, 0.05) is 19.8 Å². The van der Waals surface area contributed by atoms with Crippen LogP contribution in [0.15, 0.2) is 53.7 Å². The van der Waals surface area contributed by atoms with Crippen molar-refractivity contribution in [3.63, 3.8) is 0 Å². The van der Waals surface area contributed by atoms with Crippen LogP contribution in [0.25, 0.3) is 0 Å². The number of amides is 1. The van der Waals surface area contributed by atoms with Gasteiger partial charge in [-0.15, -0.1) is 0 Å². The molecule has 180 valence electrons. The van der Waals surface area contributed by atoms with Crippen molar-refractivity contribution in [2.45, 2.75) is 37.6 Å². The molecule has 2 saturated carbocycles. The van der Waals surface area contributed by atoms with Gasteiger partial charge in [-0.05, 0) is 54.9 Å². The number of carbonyl (C=O) groups excluding carboxylic acids is 1. The summed E-state index contributed by atoms with van der Waals surface area (Å²) in [6.45, 7) is -0.245.